The maximum atomic E-state index is 12.5. The molecule has 0 aliphatic carbocycles. The predicted octanol–water partition coefficient (Wildman–Crippen LogP) is 2.70. The summed E-state index contributed by atoms with van der Waals surface area (Å²) in [5, 5.41) is 2.92. The largest absolute Gasteiger partial charge is 0.346 e. The van der Waals surface area contributed by atoms with Gasteiger partial charge in [0.2, 0.25) is 10.0 Å². The van der Waals surface area contributed by atoms with Gasteiger partial charge in [-0.05, 0) is 57.1 Å². The highest BCUT2D eigenvalue weighted by Gasteiger charge is 2.17. The monoisotopic (exact) mass is 346 g/mol. The summed E-state index contributed by atoms with van der Waals surface area (Å²) >= 11 is 0. The van der Waals surface area contributed by atoms with Crippen LogP contribution in [0.2, 0.25) is 0 Å². The van der Waals surface area contributed by atoms with Gasteiger partial charge in [-0.15, -0.1) is 0 Å². The molecule has 0 fully saturated rings. The zero-order valence-corrected chi connectivity index (χ0v) is 15.1. The molecule has 0 aliphatic heterocycles. The Kier molecular flexibility index (Phi) is 5.41. The number of benzene rings is 2. The third-order valence-corrected chi connectivity index (χ3v) is 5.34. The Morgan fingerprint density at radius 2 is 1.79 bits per heavy atom. The molecular formula is C18H22N2O3S. The fraction of sp³-hybridized carbons (Fsp3) is 0.278. The molecule has 2 aromatic carbocycles. The summed E-state index contributed by atoms with van der Waals surface area (Å²) in [4.78, 5) is 12.5. The zero-order valence-electron chi connectivity index (χ0n) is 14.3. The molecule has 2 N–H and O–H groups in total. The maximum absolute atomic E-state index is 12.5. The smallest absolute Gasteiger partial charge is 0.251 e. The minimum Gasteiger partial charge on any atom is -0.346 e. The number of sulfonamides is 1. The predicted molar refractivity (Wildman–Crippen MR) is 94.5 cm³/mol. The second-order valence-corrected chi connectivity index (χ2v) is 7.68. The van der Waals surface area contributed by atoms with Gasteiger partial charge in [-0.2, -0.15) is 0 Å². The summed E-state index contributed by atoms with van der Waals surface area (Å²) in [6, 6.07) is 11.9. The first-order valence-corrected chi connectivity index (χ1v) is 9.14. The topological polar surface area (TPSA) is 75.3 Å². The molecular weight excluding hydrogens is 324 g/mol. The van der Waals surface area contributed by atoms with E-state index in [1.165, 1.54) is 19.2 Å². The molecule has 0 unspecified atom stereocenters. The van der Waals surface area contributed by atoms with Crippen LogP contribution in [-0.4, -0.2) is 21.4 Å². The molecule has 2 aromatic rings. The third-order valence-electron chi connectivity index (χ3n) is 3.92. The molecule has 0 saturated carbocycles. The van der Waals surface area contributed by atoms with E-state index in [1.54, 1.807) is 12.1 Å². The molecule has 1 amide bonds. The number of amides is 1. The van der Waals surface area contributed by atoms with E-state index in [0.29, 0.717) is 5.56 Å². The van der Waals surface area contributed by atoms with Gasteiger partial charge in [-0.1, -0.05) is 29.8 Å². The third kappa shape index (κ3) is 4.01. The Morgan fingerprint density at radius 1 is 1.08 bits per heavy atom. The molecule has 2 rings (SSSR count). The standard InChI is InChI=1S/C18H22N2O3S/c1-12-8-9-13(2)17(10-12)14(3)20-18(21)15-6-5-7-16(11-15)24(22,23)19-4/h5-11,14,19H,1-4H3,(H,20,21)/t14-/m1/s1. The lowest BCUT2D eigenvalue weighted by Gasteiger charge is -2.17. The van der Waals surface area contributed by atoms with Crippen LogP contribution in [0.1, 0.15) is 40.0 Å². The van der Waals surface area contributed by atoms with Crippen LogP contribution in [0.25, 0.3) is 0 Å². The van der Waals surface area contributed by atoms with E-state index < -0.39 is 10.0 Å². The fourth-order valence-corrected chi connectivity index (χ4v) is 3.28. The van der Waals surface area contributed by atoms with Gasteiger partial charge in [0.25, 0.3) is 5.91 Å². The molecule has 0 radical (unpaired) electrons. The number of nitrogens with one attached hydrogen (secondary N) is 2. The van der Waals surface area contributed by atoms with Crippen LogP contribution in [0.4, 0.5) is 0 Å². The summed E-state index contributed by atoms with van der Waals surface area (Å²) in [6.45, 7) is 5.91. The van der Waals surface area contributed by atoms with E-state index in [9.17, 15) is 13.2 Å². The first-order chi connectivity index (χ1) is 11.2. The average Bonchev–Trinajstić information content (AvgIpc) is 2.57. The van der Waals surface area contributed by atoms with Gasteiger partial charge in [-0.25, -0.2) is 13.1 Å². The van der Waals surface area contributed by atoms with Crippen molar-refractivity contribution in [1.29, 1.82) is 0 Å². The van der Waals surface area contributed by atoms with Crippen molar-refractivity contribution in [3.8, 4) is 0 Å². The normalized spacial score (nSPS) is 12.7. The molecule has 0 aromatic heterocycles. The van der Waals surface area contributed by atoms with Crippen molar-refractivity contribution in [2.24, 2.45) is 0 Å². The van der Waals surface area contributed by atoms with Crippen LogP contribution < -0.4 is 10.0 Å². The number of carbonyl (C=O) groups excluding carboxylic acids is 1. The number of hydrogen-bond acceptors (Lipinski definition) is 3. The second kappa shape index (κ2) is 7.15. The molecule has 0 spiro atoms. The summed E-state index contributed by atoms with van der Waals surface area (Å²) in [6.07, 6.45) is 0. The van der Waals surface area contributed by atoms with E-state index in [4.69, 9.17) is 0 Å². The van der Waals surface area contributed by atoms with Crippen molar-refractivity contribution in [3.05, 3.63) is 64.7 Å². The Morgan fingerprint density at radius 3 is 2.46 bits per heavy atom. The SMILES string of the molecule is CNS(=O)(=O)c1cccc(C(=O)N[C@H](C)c2cc(C)ccc2C)c1. The molecule has 5 nitrogen and oxygen atoms in total. The Labute approximate surface area is 143 Å². The van der Waals surface area contributed by atoms with Crippen molar-refractivity contribution < 1.29 is 13.2 Å². The van der Waals surface area contributed by atoms with Crippen molar-refractivity contribution >= 4 is 15.9 Å². The van der Waals surface area contributed by atoms with E-state index in [0.717, 1.165) is 16.7 Å². The van der Waals surface area contributed by atoms with E-state index in [2.05, 4.69) is 10.0 Å². The number of carbonyl (C=O) groups is 1. The summed E-state index contributed by atoms with van der Waals surface area (Å²) in [5.74, 6) is -0.309. The lowest BCUT2D eigenvalue weighted by molar-refractivity contribution is 0.0939. The van der Waals surface area contributed by atoms with Crippen LogP contribution >= 0.6 is 0 Å². The molecule has 0 bridgehead atoms. The molecule has 0 aliphatic rings. The molecule has 24 heavy (non-hydrogen) atoms. The van der Waals surface area contributed by atoms with Gasteiger partial charge in [0.1, 0.15) is 0 Å². The molecule has 6 heteroatoms. The maximum Gasteiger partial charge on any atom is 0.251 e. The lowest BCUT2D eigenvalue weighted by Crippen LogP contribution is -2.27. The number of rotatable bonds is 5. The Balaban J connectivity index is 2.24. The summed E-state index contributed by atoms with van der Waals surface area (Å²) < 4.78 is 26.0. The van der Waals surface area contributed by atoms with Crippen molar-refractivity contribution in [2.75, 3.05) is 7.05 Å². The summed E-state index contributed by atoms with van der Waals surface area (Å²) in [7, 11) is -2.24. The van der Waals surface area contributed by atoms with Gasteiger partial charge in [-0.3, -0.25) is 4.79 Å². The van der Waals surface area contributed by atoms with E-state index in [1.807, 2.05) is 39.0 Å². The van der Waals surface area contributed by atoms with E-state index >= 15 is 0 Å². The first kappa shape index (κ1) is 18.2. The average molecular weight is 346 g/mol. The first-order valence-electron chi connectivity index (χ1n) is 7.66. The molecule has 128 valence electrons. The van der Waals surface area contributed by atoms with Crippen molar-refractivity contribution in [3.63, 3.8) is 0 Å². The van der Waals surface area contributed by atoms with Gasteiger partial charge >= 0.3 is 0 Å². The minimum absolute atomic E-state index is 0.0667. The lowest BCUT2D eigenvalue weighted by atomic mass is 10.00. The minimum atomic E-state index is -3.58. The Hall–Kier alpha value is -2.18. The van der Waals surface area contributed by atoms with E-state index in [-0.39, 0.29) is 16.8 Å². The molecule has 0 heterocycles. The van der Waals surface area contributed by atoms with Crippen molar-refractivity contribution in [1.82, 2.24) is 10.0 Å². The van der Waals surface area contributed by atoms with Crippen LogP contribution in [0.5, 0.6) is 0 Å². The van der Waals surface area contributed by atoms with Crippen LogP contribution in [0, 0.1) is 13.8 Å². The Bertz CT molecular complexity index is 860. The highest BCUT2D eigenvalue weighted by atomic mass is 32.2. The van der Waals surface area contributed by atoms with Gasteiger partial charge in [0.05, 0.1) is 10.9 Å². The van der Waals surface area contributed by atoms with Crippen LogP contribution in [-0.2, 0) is 10.0 Å². The van der Waals surface area contributed by atoms with Gasteiger partial charge < -0.3 is 5.32 Å². The van der Waals surface area contributed by atoms with Gasteiger partial charge in [0, 0.05) is 5.56 Å². The number of aryl methyl sites for hydroxylation is 2. The second-order valence-electron chi connectivity index (χ2n) is 5.79. The van der Waals surface area contributed by atoms with Crippen LogP contribution in [0.3, 0.4) is 0 Å². The quantitative estimate of drug-likeness (QED) is 0.874. The molecule has 0 saturated heterocycles. The van der Waals surface area contributed by atoms with Gasteiger partial charge in [0.15, 0.2) is 0 Å². The summed E-state index contributed by atoms with van der Waals surface area (Å²) in [5.41, 5.74) is 3.57. The van der Waals surface area contributed by atoms with Crippen LogP contribution in [0.15, 0.2) is 47.4 Å². The fourth-order valence-electron chi connectivity index (χ4n) is 2.51. The highest BCUT2D eigenvalue weighted by Crippen LogP contribution is 2.20. The zero-order chi connectivity index (χ0) is 17.9. The highest BCUT2D eigenvalue weighted by molar-refractivity contribution is 7.89. The van der Waals surface area contributed by atoms with Crippen molar-refractivity contribution in [2.45, 2.75) is 31.7 Å². The number of hydrogen-bond donors (Lipinski definition) is 2. The molecule has 1 atom stereocenters.